The van der Waals surface area contributed by atoms with Gasteiger partial charge in [0.25, 0.3) is 0 Å². The van der Waals surface area contributed by atoms with Gasteiger partial charge in [-0.2, -0.15) is 0 Å². The summed E-state index contributed by atoms with van der Waals surface area (Å²) in [6, 6.07) is 7.21. The monoisotopic (exact) mass is 245 g/mol. The number of hydrogen-bond acceptors (Lipinski definition) is 3. The fourth-order valence-electron chi connectivity index (χ4n) is 2.13. The molecule has 0 aromatic heterocycles. The Kier molecular flexibility index (Phi) is 3.28. The summed E-state index contributed by atoms with van der Waals surface area (Å²) in [6.45, 7) is 3.61. The standard InChI is InChI=1S/C14H15NO3/c1-9-3-5-11(6-4-9)15-13(17)7-12(14(15)18)10(2)8-16/h3-6,8,10,12H,7H2,1-2H3/t10?,12-/m0/s1. The van der Waals surface area contributed by atoms with Gasteiger partial charge in [0.15, 0.2) is 0 Å². The number of benzene rings is 1. The number of imide groups is 1. The van der Waals surface area contributed by atoms with Gasteiger partial charge >= 0.3 is 0 Å². The van der Waals surface area contributed by atoms with Crippen LogP contribution in [-0.2, 0) is 14.4 Å². The second-order valence-corrected chi connectivity index (χ2v) is 4.71. The average Bonchev–Trinajstić information content (AvgIpc) is 2.65. The number of carbonyl (C=O) groups is 3. The predicted octanol–water partition coefficient (Wildman–Crippen LogP) is 1.71. The molecular formula is C14H15NO3. The van der Waals surface area contributed by atoms with Gasteiger partial charge in [0.05, 0.1) is 11.6 Å². The summed E-state index contributed by atoms with van der Waals surface area (Å²) in [5.74, 6) is -1.45. The molecule has 0 spiro atoms. The normalized spacial score (nSPS) is 21.2. The van der Waals surface area contributed by atoms with Crippen LogP contribution in [0.25, 0.3) is 0 Å². The van der Waals surface area contributed by atoms with Crippen molar-refractivity contribution in [1.82, 2.24) is 0 Å². The zero-order chi connectivity index (χ0) is 13.3. The lowest BCUT2D eigenvalue weighted by molar-refractivity contribution is -0.125. The van der Waals surface area contributed by atoms with Crippen LogP contribution in [0.1, 0.15) is 18.9 Å². The van der Waals surface area contributed by atoms with E-state index in [1.165, 1.54) is 4.90 Å². The Bertz CT molecular complexity index is 492. The predicted molar refractivity (Wildman–Crippen MR) is 67.0 cm³/mol. The van der Waals surface area contributed by atoms with E-state index in [1.807, 2.05) is 19.1 Å². The number of carbonyl (C=O) groups excluding carboxylic acids is 3. The van der Waals surface area contributed by atoms with E-state index in [0.29, 0.717) is 5.69 Å². The molecule has 1 aliphatic heterocycles. The molecule has 1 aromatic carbocycles. The summed E-state index contributed by atoms with van der Waals surface area (Å²) in [5, 5.41) is 0. The van der Waals surface area contributed by atoms with E-state index in [2.05, 4.69) is 0 Å². The van der Waals surface area contributed by atoms with Crippen LogP contribution in [0, 0.1) is 18.8 Å². The molecule has 1 aromatic rings. The highest BCUT2D eigenvalue weighted by Crippen LogP contribution is 2.30. The third kappa shape index (κ3) is 2.06. The molecule has 18 heavy (non-hydrogen) atoms. The van der Waals surface area contributed by atoms with E-state index >= 15 is 0 Å². The third-order valence-corrected chi connectivity index (χ3v) is 3.32. The van der Waals surface area contributed by atoms with Gasteiger partial charge < -0.3 is 4.79 Å². The summed E-state index contributed by atoms with van der Waals surface area (Å²) in [6.07, 6.45) is 0.848. The van der Waals surface area contributed by atoms with Crippen molar-refractivity contribution in [2.75, 3.05) is 4.90 Å². The fourth-order valence-corrected chi connectivity index (χ4v) is 2.13. The minimum absolute atomic E-state index is 0.118. The van der Waals surface area contributed by atoms with E-state index in [9.17, 15) is 14.4 Å². The molecule has 94 valence electrons. The van der Waals surface area contributed by atoms with Gasteiger partial charge in [-0.1, -0.05) is 24.6 Å². The molecule has 4 heteroatoms. The molecule has 0 aliphatic carbocycles. The molecular weight excluding hydrogens is 230 g/mol. The van der Waals surface area contributed by atoms with Gasteiger partial charge in [-0.15, -0.1) is 0 Å². The van der Waals surface area contributed by atoms with Crippen molar-refractivity contribution in [2.24, 2.45) is 11.8 Å². The van der Waals surface area contributed by atoms with Crippen LogP contribution < -0.4 is 4.90 Å². The first kappa shape index (κ1) is 12.5. The number of rotatable bonds is 3. The number of aldehydes is 1. The highest BCUT2D eigenvalue weighted by atomic mass is 16.2. The Balaban J connectivity index is 2.29. The van der Waals surface area contributed by atoms with Crippen LogP contribution in [0.2, 0.25) is 0 Å². The maximum absolute atomic E-state index is 12.1. The Morgan fingerprint density at radius 1 is 1.28 bits per heavy atom. The number of nitrogens with zero attached hydrogens (tertiary/aromatic N) is 1. The summed E-state index contributed by atoms with van der Waals surface area (Å²) >= 11 is 0. The van der Waals surface area contributed by atoms with Crippen molar-refractivity contribution in [3.05, 3.63) is 29.8 Å². The van der Waals surface area contributed by atoms with Crippen molar-refractivity contribution >= 4 is 23.8 Å². The van der Waals surface area contributed by atoms with Gasteiger partial charge in [0, 0.05) is 12.3 Å². The molecule has 1 fully saturated rings. The first-order valence-corrected chi connectivity index (χ1v) is 5.93. The van der Waals surface area contributed by atoms with Crippen LogP contribution in [0.15, 0.2) is 24.3 Å². The zero-order valence-electron chi connectivity index (χ0n) is 10.4. The quantitative estimate of drug-likeness (QED) is 0.601. The molecule has 1 saturated heterocycles. The van der Waals surface area contributed by atoms with Gasteiger partial charge in [0.2, 0.25) is 11.8 Å². The van der Waals surface area contributed by atoms with Gasteiger partial charge in [-0.05, 0) is 19.1 Å². The Hall–Kier alpha value is -1.97. The second kappa shape index (κ2) is 4.72. The maximum atomic E-state index is 12.1. The number of hydrogen-bond donors (Lipinski definition) is 0. The van der Waals surface area contributed by atoms with Crippen LogP contribution in [0.4, 0.5) is 5.69 Å². The van der Waals surface area contributed by atoms with E-state index in [-0.39, 0.29) is 18.2 Å². The number of anilines is 1. The molecule has 0 radical (unpaired) electrons. The summed E-state index contributed by atoms with van der Waals surface area (Å²) < 4.78 is 0. The van der Waals surface area contributed by atoms with Crippen LogP contribution in [0.5, 0.6) is 0 Å². The summed E-state index contributed by atoms with van der Waals surface area (Å²) in [4.78, 5) is 36.0. The topological polar surface area (TPSA) is 54.5 Å². The fraction of sp³-hybridized carbons (Fsp3) is 0.357. The van der Waals surface area contributed by atoms with Crippen LogP contribution in [0.3, 0.4) is 0 Å². The molecule has 4 nitrogen and oxygen atoms in total. The van der Waals surface area contributed by atoms with Gasteiger partial charge in [-0.3, -0.25) is 14.5 Å². The van der Waals surface area contributed by atoms with Crippen LogP contribution in [-0.4, -0.2) is 18.1 Å². The highest BCUT2D eigenvalue weighted by molar-refractivity contribution is 6.21. The first-order valence-electron chi connectivity index (χ1n) is 5.93. The molecule has 1 heterocycles. The van der Waals surface area contributed by atoms with Gasteiger partial charge in [0.1, 0.15) is 6.29 Å². The lowest BCUT2D eigenvalue weighted by atomic mass is 9.94. The minimum atomic E-state index is -0.517. The average molecular weight is 245 g/mol. The number of amides is 2. The summed E-state index contributed by atoms with van der Waals surface area (Å²) in [7, 11) is 0. The van der Waals surface area contributed by atoms with Crippen molar-refractivity contribution in [2.45, 2.75) is 20.3 Å². The SMILES string of the molecule is Cc1ccc(N2C(=O)C[C@@H](C(C)C=O)C2=O)cc1. The highest BCUT2D eigenvalue weighted by Gasteiger charge is 2.41. The Labute approximate surface area is 106 Å². The van der Waals surface area contributed by atoms with Gasteiger partial charge in [-0.25, -0.2) is 0 Å². The lowest BCUT2D eigenvalue weighted by Crippen LogP contribution is -2.32. The van der Waals surface area contributed by atoms with Crippen LogP contribution >= 0.6 is 0 Å². The molecule has 2 amide bonds. The molecule has 0 bridgehead atoms. The van der Waals surface area contributed by atoms with Crippen molar-refractivity contribution in [3.8, 4) is 0 Å². The summed E-state index contributed by atoms with van der Waals surface area (Å²) in [5.41, 5.74) is 1.65. The third-order valence-electron chi connectivity index (χ3n) is 3.32. The van der Waals surface area contributed by atoms with E-state index in [4.69, 9.17) is 0 Å². The lowest BCUT2D eigenvalue weighted by Gasteiger charge is -2.16. The second-order valence-electron chi connectivity index (χ2n) is 4.71. The van der Waals surface area contributed by atoms with E-state index in [0.717, 1.165) is 11.8 Å². The van der Waals surface area contributed by atoms with E-state index in [1.54, 1.807) is 19.1 Å². The molecule has 2 atom stereocenters. The minimum Gasteiger partial charge on any atom is -0.303 e. The van der Waals surface area contributed by atoms with Crippen molar-refractivity contribution in [3.63, 3.8) is 0 Å². The first-order chi connectivity index (χ1) is 8.54. The molecule has 1 aliphatic rings. The number of aryl methyl sites for hydroxylation is 1. The zero-order valence-corrected chi connectivity index (χ0v) is 10.4. The molecule has 2 rings (SSSR count). The van der Waals surface area contributed by atoms with E-state index < -0.39 is 11.8 Å². The maximum Gasteiger partial charge on any atom is 0.238 e. The smallest absolute Gasteiger partial charge is 0.238 e. The Morgan fingerprint density at radius 2 is 1.89 bits per heavy atom. The Morgan fingerprint density at radius 3 is 2.44 bits per heavy atom. The largest absolute Gasteiger partial charge is 0.303 e. The molecule has 0 N–H and O–H groups in total. The molecule has 1 unspecified atom stereocenters. The van der Waals surface area contributed by atoms with Crippen molar-refractivity contribution < 1.29 is 14.4 Å². The molecule has 0 saturated carbocycles. The van der Waals surface area contributed by atoms with Crippen molar-refractivity contribution in [1.29, 1.82) is 0 Å².